The third-order valence-corrected chi connectivity index (χ3v) is 10.3. The van der Waals surface area contributed by atoms with Crippen molar-refractivity contribution < 1.29 is 52.7 Å². The van der Waals surface area contributed by atoms with E-state index in [4.69, 9.17) is 40.0 Å². The minimum absolute atomic E-state index is 0.0731. The molecule has 0 aliphatic carbocycles. The van der Waals surface area contributed by atoms with Crippen molar-refractivity contribution in [3.8, 4) is 5.75 Å². The quantitative estimate of drug-likeness (QED) is 0.269. The first-order valence-corrected chi connectivity index (χ1v) is 17.2. The topological polar surface area (TPSA) is 174 Å². The molecule has 282 valence electrons. The molecule has 14 nitrogen and oxygen atoms in total. The van der Waals surface area contributed by atoms with Crippen molar-refractivity contribution in [2.24, 2.45) is 11.8 Å². The zero-order valence-electron chi connectivity index (χ0n) is 30.8. The van der Waals surface area contributed by atoms with Crippen molar-refractivity contribution in [1.82, 2.24) is 10.2 Å². The number of aliphatic hydroxyl groups is 1. The Morgan fingerprint density at radius 3 is 2.43 bits per heavy atom. The number of rotatable bonds is 7. The van der Waals surface area contributed by atoms with Crippen LogP contribution in [-0.4, -0.2) is 104 Å². The number of hydrogen-bond acceptors (Lipinski definition) is 11. The number of anilines is 1. The van der Waals surface area contributed by atoms with Crippen molar-refractivity contribution in [2.75, 3.05) is 33.7 Å². The van der Waals surface area contributed by atoms with Gasteiger partial charge in [0.1, 0.15) is 46.8 Å². The van der Waals surface area contributed by atoms with Crippen LogP contribution >= 0.6 is 11.6 Å². The van der Waals surface area contributed by atoms with Crippen molar-refractivity contribution in [2.45, 2.75) is 102 Å². The fourth-order valence-electron chi connectivity index (χ4n) is 6.70. The van der Waals surface area contributed by atoms with E-state index >= 15 is 0 Å². The first-order valence-electron chi connectivity index (χ1n) is 16.8. The normalized spacial score (nSPS) is 33.3. The van der Waals surface area contributed by atoms with E-state index in [0.29, 0.717) is 5.56 Å². The summed E-state index contributed by atoms with van der Waals surface area (Å²) >= 11 is 6.67. The molecule has 3 heterocycles. The predicted molar refractivity (Wildman–Crippen MR) is 187 cm³/mol. The summed E-state index contributed by atoms with van der Waals surface area (Å²) in [6.07, 6.45) is -0.500. The van der Waals surface area contributed by atoms with Gasteiger partial charge in [-0.2, -0.15) is 0 Å². The van der Waals surface area contributed by atoms with E-state index in [0.717, 1.165) is 5.57 Å². The standard InChI is InChI=1S/C36H50ClN3O11/c1-18(2)32(42)40(7)21(5)33(43)50-27-16-28(41)38-23-14-22(15-24(46-8)29(23)37)30(48-10)19(3)12-11-13-26(47-9)36(45)17-25(49-34(44)39-36)20(4)31-35(27,6)51-31/h11-15,18,20-21,25-27,30-31,45H,16-17H2,1-10H3,(H,38,41)(H,39,44)/b13-11+,19-12+. The molecule has 15 heteroatoms. The Labute approximate surface area is 303 Å². The van der Waals surface area contributed by atoms with Gasteiger partial charge in [-0.05, 0) is 44.0 Å². The number of carbonyl (C=O) groups is 4. The molecule has 2 fully saturated rings. The molecule has 3 aliphatic rings. The molecular formula is C36H50ClN3O11. The zero-order valence-corrected chi connectivity index (χ0v) is 31.5. The maximum Gasteiger partial charge on any atom is 0.409 e. The maximum atomic E-state index is 13.8. The third kappa shape index (κ3) is 8.52. The lowest BCUT2D eigenvalue weighted by molar-refractivity contribution is -0.162. The van der Waals surface area contributed by atoms with E-state index in [-0.39, 0.29) is 41.1 Å². The predicted octanol–water partition coefficient (Wildman–Crippen LogP) is 4.29. The van der Waals surface area contributed by atoms with Gasteiger partial charge in [-0.3, -0.25) is 14.9 Å². The largest absolute Gasteiger partial charge is 0.495 e. The summed E-state index contributed by atoms with van der Waals surface area (Å²) in [5, 5.41) is 17.2. The van der Waals surface area contributed by atoms with Crippen LogP contribution in [0.2, 0.25) is 5.02 Å². The molecule has 0 spiro atoms. The number of nitrogens with one attached hydrogen (secondary N) is 2. The Bertz CT molecular complexity index is 1570. The molecule has 0 radical (unpaired) electrons. The van der Waals surface area contributed by atoms with Crippen LogP contribution in [0.3, 0.4) is 0 Å². The minimum Gasteiger partial charge on any atom is -0.495 e. The van der Waals surface area contributed by atoms with E-state index in [1.54, 1.807) is 65.0 Å². The van der Waals surface area contributed by atoms with Crippen molar-refractivity contribution in [3.63, 3.8) is 0 Å². The zero-order chi connectivity index (χ0) is 38.0. The van der Waals surface area contributed by atoms with E-state index in [1.807, 2.05) is 6.92 Å². The lowest BCUT2D eigenvalue weighted by atomic mass is 9.83. The maximum absolute atomic E-state index is 13.8. The van der Waals surface area contributed by atoms with Gasteiger partial charge in [0.2, 0.25) is 11.8 Å². The Morgan fingerprint density at radius 1 is 1.14 bits per heavy atom. The van der Waals surface area contributed by atoms with Crippen LogP contribution in [0.4, 0.5) is 10.5 Å². The molecule has 3 aliphatic heterocycles. The minimum atomic E-state index is -1.86. The molecule has 0 aromatic heterocycles. The average molecular weight is 736 g/mol. The first-order chi connectivity index (χ1) is 23.9. The van der Waals surface area contributed by atoms with Crippen molar-refractivity contribution >= 4 is 41.2 Å². The molecule has 9 unspecified atom stereocenters. The van der Waals surface area contributed by atoms with E-state index < -0.39 is 71.8 Å². The second kappa shape index (κ2) is 15.9. The van der Waals surface area contributed by atoms with Gasteiger partial charge in [-0.25, -0.2) is 9.59 Å². The van der Waals surface area contributed by atoms with Crippen molar-refractivity contribution in [3.05, 3.63) is 46.5 Å². The van der Waals surface area contributed by atoms with Gasteiger partial charge in [0, 0.05) is 39.5 Å². The van der Waals surface area contributed by atoms with Gasteiger partial charge in [-0.15, -0.1) is 0 Å². The summed E-state index contributed by atoms with van der Waals surface area (Å²) in [5.74, 6) is -2.17. The highest BCUT2D eigenvalue weighted by molar-refractivity contribution is 6.35. The summed E-state index contributed by atoms with van der Waals surface area (Å²) in [5.41, 5.74) is -1.50. The highest BCUT2D eigenvalue weighted by Crippen LogP contribution is 2.49. The number of methoxy groups -OCH3 is 3. The van der Waals surface area contributed by atoms with Gasteiger partial charge < -0.3 is 43.7 Å². The van der Waals surface area contributed by atoms with Gasteiger partial charge >= 0.3 is 12.1 Å². The molecule has 3 amide bonds. The van der Waals surface area contributed by atoms with Crippen LogP contribution in [0.25, 0.3) is 0 Å². The van der Waals surface area contributed by atoms with Crippen LogP contribution < -0.4 is 15.4 Å². The van der Waals surface area contributed by atoms with Crippen molar-refractivity contribution in [1.29, 1.82) is 0 Å². The highest BCUT2D eigenvalue weighted by Gasteiger charge is 2.64. The number of epoxide rings is 1. The number of fused-ring (bicyclic) bond motifs is 5. The number of alkyl carbamates (subject to hydrolysis) is 1. The lowest BCUT2D eigenvalue weighted by Gasteiger charge is -2.42. The summed E-state index contributed by atoms with van der Waals surface area (Å²) in [6, 6.07) is 2.38. The Morgan fingerprint density at radius 2 is 1.82 bits per heavy atom. The average Bonchev–Trinajstić information content (AvgIpc) is 3.77. The smallest absolute Gasteiger partial charge is 0.409 e. The number of benzene rings is 1. The van der Waals surface area contributed by atoms with E-state index in [1.165, 1.54) is 33.3 Å². The lowest BCUT2D eigenvalue weighted by Crippen LogP contribution is -2.63. The van der Waals surface area contributed by atoms with Gasteiger partial charge in [0.25, 0.3) is 0 Å². The monoisotopic (exact) mass is 735 g/mol. The van der Waals surface area contributed by atoms with Crippen LogP contribution in [0.15, 0.2) is 35.9 Å². The van der Waals surface area contributed by atoms with E-state index in [9.17, 15) is 24.3 Å². The number of halogens is 1. The summed E-state index contributed by atoms with van der Waals surface area (Å²) in [7, 11) is 5.90. The molecule has 0 saturated carbocycles. The van der Waals surface area contributed by atoms with Crippen LogP contribution in [0.1, 0.15) is 66.1 Å². The molecule has 1 aromatic carbocycles. The fraction of sp³-hybridized carbons (Fsp3) is 0.611. The van der Waals surface area contributed by atoms with Gasteiger partial charge in [-0.1, -0.05) is 50.6 Å². The number of carbonyl (C=O) groups excluding carboxylic acids is 4. The number of hydrogen-bond donors (Lipinski definition) is 3. The second-order valence-corrected chi connectivity index (χ2v) is 14.3. The van der Waals surface area contributed by atoms with Crippen LogP contribution in [0.5, 0.6) is 5.75 Å². The number of amides is 3. The molecular weight excluding hydrogens is 686 g/mol. The van der Waals surface area contributed by atoms with Gasteiger partial charge in [0.15, 0.2) is 5.72 Å². The molecule has 4 rings (SSSR count). The van der Waals surface area contributed by atoms with Gasteiger partial charge in [0.05, 0.1) is 25.3 Å². The number of ether oxygens (including phenoxy) is 6. The highest BCUT2D eigenvalue weighted by atomic mass is 35.5. The van der Waals surface area contributed by atoms with Crippen LogP contribution in [0, 0.1) is 11.8 Å². The Hall–Kier alpha value is -3.69. The molecule has 2 saturated heterocycles. The summed E-state index contributed by atoms with van der Waals surface area (Å²) in [4.78, 5) is 54.2. The van der Waals surface area contributed by atoms with Crippen LogP contribution in [-0.2, 0) is 38.1 Å². The second-order valence-electron chi connectivity index (χ2n) is 13.9. The first kappa shape index (κ1) is 40.1. The number of likely N-dealkylation sites (N-methyl/N-ethyl adjacent to an activating group) is 1. The fourth-order valence-corrected chi connectivity index (χ4v) is 6.93. The number of esters is 1. The molecule has 9 atom stereocenters. The Balaban J connectivity index is 1.80. The molecule has 4 bridgehead atoms. The number of allylic oxidation sites excluding steroid dienone is 2. The third-order valence-electron chi connectivity index (χ3n) is 9.95. The number of nitrogens with zero attached hydrogens (tertiary/aromatic N) is 1. The molecule has 51 heavy (non-hydrogen) atoms. The molecule has 3 N–H and O–H groups in total. The summed E-state index contributed by atoms with van der Waals surface area (Å²) < 4.78 is 34.8. The Kier molecular flexibility index (Phi) is 12.5. The summed E-state index contributed by atoms with van der Waals surface area (Å²) in [6.45, 7) is 10.3. The van der Waals surface area contributed by atoms with E-state index in [2.05, 4.69) is 10.6 Å². The molecule has 1 aromatic rings. The SMILES string of the molecule is COc1cc2cc(c1Cl)NC(=O)CC(OC(=O)C(C)N(C)C(=O)C(C)C)C1(C)OC1C(C)C1CC(O)(NC(=O)O1)C(OC)/C=C/C=C(\C)C2OC.